The maximum atomic E-state index is 12.1. The summed E-state index contributed by atoms with van der Waals surface area (Å²) in [6, 6.07) is 0. The van der Waals surface area contributed by atoms with Gasteiger partial charge in [0, 0.05) is 11.8 Å². The number of hydrogen-bond acceptors (Lipinski definition) is 2. The minimum atomic E-state index is 0.233. The SMILES string of the molecule is CC(CCCN)C(=O)C1CCCCCC1. The van der Waals surface area contributed by atoms with Crippen LogP contribution in [0.15, 0.2) is 0 Å². The fraction of sp³-hybridized carbons (Fsp3) is 0.923. The summed E-state index contributed by atoms with van der Waals surface area (Å²) in [5, 5.41) is 0. The van der Waals surface area contributed by atoms with E-state index < -0.39 is 0 Å². The smallest absolute Gasteiger partial charge is 0.138 e. The molecule has 0 radical (unpaired) electrons. The first kappa shape index (κ1) is 12.7. The normalized spacial score (nSPS) is 20.9. The van der Waals surface area contributed by atoms with Gasteiger partial charge in [0.05, 0.1) is 0 Å². The molecular formula is C13H25NO. The first-order chi connectivity index (χ1) is 7.25. The lowest BCUT2D eigenvalue weighted by Gasteiger charge is -2.17. The standard InChI is InChI=1S/C13H25NO/c1-11(7-6-10-14)13(15)12-8-4-2-3-5-9-12/h11-12H,2-10,14H2,1H3. The second kappa shape index (κ2) is 7.00. The molecule has 1 aliphatic carbocycles. The first-order valence-corrected chi connectivity index (χ1v) is 6.49. The summed E-state index contributed by atoms with van der Waals surface area (Å²) in [4.78, 5) is 12.1. The highest BCUT2D eigenvalue weighted by molar-refractivity contribution is 5.83. The van der Waals surface area contributed by atoms with Crippen molar-refractivity contribution in [1.29, 1.82) is 0 Å². The minimum absolute atomic E-state index is 0.233. The van der Waals surface area contributed by atoms with E-state index in [0.717, 1.165) is 25.7 Å². The Bertz CT molecular complexity index is 183. The van der Waals surface area contributed by atoms with Crippen LogP contribution in [0.4, 0.5) is 0 Å². The molecule has 2 N–H and O–H groups in total. The van der Waals surface area contributed by atoms with Crippen molar-refractivity contribution in [2.75, 3.05) is 6.54 Å². The molecule has 1 aliphatic rings. The molecule has 0 aromatic carbocycles. The molecule has 2 heteroatoms. The summed E-state index contributed by atoms with van der Waals surface area (Å²) < 4.78 is 0. The molecule has 2 nitrogen and oxygen atoms in total. The van der Waals surface area contributed by atoms with Gasteiger partial charge in [-0.25, -0.2) is 0 Å². The topological polar surface area (TPSA) is 43.1 Å². The fourth-order valence-electron chi connectivity index (χ4n) is 2.53. The van der Waals surface area contributed by atoms with Gasteiger partial charge >= 0.3 is 0 Å². The van der Waals surface area contributed by atoms with Gasteiger partial charge in [-0.1, -0.05) is 32.6 Å². The highest BCUT2D eigenvalue weighted by Gasteiger charge is 2.23. The number of Topliss-reactive ketones (excluding diaryl/α,β-unsaturated/α-hetero) is 1. The summed E-state index contributed by atoms with van der Waals surface area (Å²) in [7, 11) is 0. The molecule has 0 amide bonds. The van der Waals surface area contributed by atoms with Gasteiger partial charge in [-0.3, -0.25) is 4.79 Å². The number of carbonyl (C=O) groups is 1. The molecular weight excluding hydrogens is 186 g/mol. The Hall–Kier alpha value is -0.370. The van der Waals surface area contributed by atoms with Crippen molar-refractivity contribution in [1.82, 2.24) is 0 Å². The molecule has 1 unspecified atom stereocenters. The first-order valence-electron chi connectivity index (χ1n) is 6.49. The zero-order valence-electron chi connectivity index (χ0n) is 10.0. The number of rotatable bonds is 5. The van der Waals surface area contributed by atoms with E-state index >= 15 is 0 Å². The van der Waals surface area contributed by atoms with Gasteiger partial charge in [0.25, 0.3) is 0 Å². The van der Waals surface area contributed by atoms with Crippen LogP contribution >= 0.6 is 0 Å². The van der Waals surface area contributed by atoms with Crippen molar-refractivity contribution < 1.29 is 4.79 Å². The molecule has 1 rings (SSSR count). The van der Waals surface area contributed by atoms with E-state index in [9.17, 15) is 4.79 Å². The average molecular weight is 211 g/mol. The maximum Gasteiger partial charge on any atom is 0.138 e. The van der Waals surface area contributed by atoms with Crippen molar-refractivity contribution in [3.05, 3.63) is 0 Å². The Morgan fingerprint density at radius 2 is 1.87 bits per heavy atom. The summed E-state index contributed by atoms with van der Waals surface area (Å²) in [5.41, 5.74) is 5.47. The van der Waals surface area contributed by atoms with Crippen LogP contribution in [-0.2, 0) is 4.79 Å². The number of carbonyl (C=O) groups excluding carboxylic acids is 1. The molecule has 0 heterocycles. The summed E-state index contributed by atoms with van der Waals surface area (Å²) in [6.45, 7) is 2.78. The molecule has 0 aromatic heterocycles. The van der Waals surface area contributed by atoms with Crippen molar-refractivity contribution in [2.24, 2.45) is 17.6 Å². The zero-order valence-corrected chi connectivity index (χ0v) is 10.0. The maximum absolute atomic E-state index is 12.1. The molecule has 0 aromatic rings. The molecule has 1 fully saturated rings. The lowest BCUT2D eigenvalue weighted by molar-refractivity contribution is -0.126. The molecule has 88 valence electrons. The monoisotopic (exact) mass is 211 g/mol. The molecule has 0 saturated heterocycles. The van der Waals surface area contributed by atoms with E-state index in [0.29, 0.717) is 18.2 Å². The van der Waals surface area contributed by atoms with Crippen LogP contribution in [0.1, 0.15) is 58.3 Å². The number of hydrogen-bond donors (Lipinski definition) is 1. The minimum Gasteiger partial charge on any atom is -0.330 e. The number of nitrogens with two attached hydrogens (primary N) is 1. The van der Waals surface area contributed by atoms with Gasteiger partial charge < -0.3 is 5.73 Å². The third kappa shape index (κ3) is 4.33. The van der Waals surface area contributed by atoms with Gasteiger partial charge in [0.15, 0.2) is 0 Å². The molecule has 0 bridgehead atoms. The Balaban J connectivity index is 2.35. The largest absolute Gasteiger partial charge is 0.330 e. The molecule has 0 spiro atoms. The van der Waals surface area contributed by atoms with E-state index in [2.05, 4.69) is 6.92 Å². The van der Waals surface area contributed by atoms with E-state index in [-0.39, 0.29) is 5.92 Å². The Kier molecular flexibility index (Phi) is 5.92. The third-order valence-electron chi connectivity index (χ3n) is 3.58. The van der Waals surface area contributed by atoms with Crippen molar-refractivity contribution in [2.45, 2.75) is 58.3 Å². The number of ketones is 1. The van der Waals surface area contributed by atoms with Crippen LogP contribution in [0, 0.1) is 11.8 Å². The van der Waals surface area contributed by atoms with Crippen LogP contribution < -0.4 is 5.73 Å². The predicted octanol–water partition coefficient (Wildman–Crippen LogP) is 2.90. The summed E-state index contributed by atoms with van der Waals surface area (Å²) >= 11 is 0. The molecule has 1 atom stereocenters. The highest BCUT2D eigenvalue weighted by Crippen LogP contribution is 2.26. The van der Waals surface area contributed by atoms with E-state index in [1.165, 1.54) is 25.7 Å². The lowest BCUT2D eigenvalue weighted by Crippen LogP contribution is -2.22. The van der Waals surface area contributed by atoms with Crippen molar-refractivity contribution in [3.63, 3.8) is 0 Å². The van der Waals surface area contributed by atoms with Crippen LogP contribution in [0.3, 0.4) is 0 Å². The van der Waals surface area contributed by atoms with E-state index in [1.807, 2.05) is 0 Å². The van der Waals surface area contributed by atoms with Gasteiger partial charge in [-0.15, -0.1) is 0 Å². The Morgan fingerprint density at radius 1 is 1.27 bits per heavy atom. The van der Waals surface area contributed by atoms with Crippen LogP contribution in [-0.4, -0.2) is 12.3 Å². The summed E-state index contributed by atoms with van der Waals surface area (Å²) in [6.07, 6.45) is 9.37. The van der Waals surface area contributed by atoms with Gasteiger partial charge in [-0.05, 0) is 32.2 Å². The Labute approximate surface area is 93.6 Å². The van der Waals surface area contributed by atoms with Gasteiger partial charge in [0.2, 0.25) is 0 Å². The second-order valence-electron chi connectivity index (χ2n) is 4.92. The predicted molar refractivity (Wildman–Crippen MR) is 63.7 cm³/mol. The average Bonchev–Trinajstić information content (AvgIpc) is 2.53. The third-order valence-corrected chi connectivity index (χ3v) is 3.58. The van der Waals surface area contributed by atoms with Gasteiger partial charge in [0.1, 0.15) is 5.78 Å². The van der Waals surface area contributed by atoms with Gasteiger partial charge in [-0.2, -0.15) is 0 Å². The highest BCUT2D eigenvalue weighted by atomic mass is 16.1. The lowest BCUT2D eigenvalue weighted by atomic mass is 9.86. The van der Waals surface area contributed by atoms with Crippen molar-refractivity contribution >= 4 is 5.78 Å². The van der Waals surface area contributed by atoms with Crippen molar-refractivity contribution in [3.8, 4) is 0 Å². The van der Waals surface area contributed by atoms with E-state index in [4.69, 9.17) is 5.73 Å². The van der Waals surface area contributed by atoms with Crippen LogP contribution in [0.25, 0.3) is 0 Å². The molecule has 0 aliphatic heterocycles. The quantitative estimate of drug-likeness (QED) is 0.710. The molecule has 15 heavy (non-hydrogen) atoms. The van der Waals surface area contributed by atoms with E-state index in [1.54, 1.807) is 0 Å². The Morgan fingerprint density at radius 3 is 2.40 bits per heavy atom. The zero-order chi connectivity index (χ0) is 11.1. The fourth-order valence-corrected chi connectivity index (χ4v) is 2.53. The molecule has 1 saturated carbocycles. The summed E-state index contributed by atoms with van der Waals surface area (Å²) in [5.74, 6) is 1.10. The van der Waals surface area contributed by atoms with Crippen LogP contribution in [0.2, 0.25) is 0 Å². The second-order valence-corrected chi connectivity index (χ2v) is 4.92. The van der Waals surface area contributed by atoms with Crippen LogP contribution in [0.5, 0.6) is 0 Å².